The van der Waals surface area contributed by atoms with Gasteiger partial charge in [-0.2, -0.15) is 0 Å². The van der Waals surface area contributed by atoms with Gasteiger partial charge in [0.05, 0.1) is 6.04 Å². The Labute approximate surface area is 215 Å². The molecule has 2 aromatic rings. The number of fused-ring (bicyclic) bond motifs is 2. The molecule has 1 aliphatic carbocycles. The molecule has 200 valence electrons. The molecule has 0 bridgehead atoms. The molecule has 3 atom stereocenters. The fourth-order valence-corrected chi connectivity index (χ4v) is 5.64. The molecular weight excluding hydrogens is 505 g/mol. The van der Waals surface area contributed by atoms with Gasteiger partial charge in [-0.3, -0.25) is 9.59 Å². The van der Waals surface area contributed by atoms with Crippen LogP contribution in [0.15, 0.2) is 30.3 Å². The SMILES string of the molecule is CNC(=O)Nc1ccc2c(c1)CC[C@@]21OC(=O)N(CC(=O)N2[C@H](C)CC[C@H]2c2cc(F)c(F)c(F)c2)C1=O. The van der Waals surface area contributed by atoms with Gasteiger partial charge in [-0.1, -0.05) is 6.07 Å². The summed E-state index contributed by atoms with van der Waals surface area (Å²) in [5.41, 5.74) is 0.237. The van der Waals surface area contributed by atoms with E-state index in [1.54, 1.807) is 25.1 Å². The average Bonchev–Trinajstić information content (AvgIpc) is 3.52. The molecule has 2 saturated heterocycles. The molecular formula is C26H25F3N4O5. The average molecular weight is 531 g/mol. The molecule has 38 heavy (non-hydrogen) atoms. The van der Waals surface area contributed by atoms with Crippen molar-refractivity contribution in [2.24, 2.45) is 0 Å². The lowest BCUT2D eigenvalue weighted by atomic mass is 9.94. The fraction of sp³-hybridized carbons (Fsp3) is 0.385. The van der Waals surface area contributed by atoms with E-state index >= 15 is 0 Å². The minimum absolute atomic E-state index is 0.0942. The van der Waals surface area contributed by atoms with Crippen molar-refractivity contribution in [3.63, 3.8) is 0 Å². The minimum atomic E-state index is -1.60. The van der Waals surface area contributed by atoms with E-state index in [1.807, 2.05) is 0 Å². The number of rotatable bonds is 4. The molecule has 0 saturated carbocycles. The molecule has 0 radical (unpaired) electrons. The molecule has 0 aromatic heterocycles. The van der Waals surface area contributed by atoms with Crippen molar-refractivity contribution in [2.45, 2.75) is 50.3 Å². The molecule has 1 spiro atoms. The maximum atomic E-state index is 13.9. The molecule has 2 heterocycles. The van der Waals surface area contributed by atoms with Gasteiger partial charge in [0.15, 0.2) is 17.5 Å². The van der Waals surface area contributed by atoms with Gasteiger partial charge in [-0.25, -0.2) is 27.7 Å². The zero-order chi connectivity index (χ0) is 27.4. The minimum Gasteiger partial charge on any atom is -0.427 e. The number of hydrogen-bond donors (Lipinski definition) is 2. The van der Waals surface area contributed by atoms with Gasteiger partial charge in [0.25, 0.3) is 5.91 Å². The highest BCUT2D eigenvalue weighted by atomic mass is 19.2. The van der Waals surface area contributed by atoms with Crippen LogP contribution in [0.1, 0.15) is 48.9 Å². The van der Waals surface area contributed by atoms with Crippen LogP contribution in [0, 0.1) is 17.5 Å². The van der Waals surface area contributed by atoms with Crippen LogP contribution >= 0.6 is 0 Å². The fourth-order valence-electron chi connectivity index (χ4n) is 5.64. The van der Waals surface area contributed by atoms with E-state index < -0.39 is 59.6 Å². The summed E-state index contributed by atoms with van der Waals surface area (Å²) < 4.78 is 46.8. The van der Waals surface area contributed by atoms with Crippen LogP contribution in [0.25, 0.3) is 0 Å². The number of benzene rings is 2. The van der Waals surface area contributed by atoms with Gasteiger partial charge >= 0.3 is 12.1 Å². The number of likely N-dealkylation sites (tertiary alicyclic amines) is 1. The Morgan fingerprint density at radius 3 is 2.50 bits per heavy atom. The van der Waals surface area contributed by atoms with E-state index in [2.05, 4.69) is 10.6 Å². The Kier molecular flexibility index (Phi) is 6.28. The highest BCUT2D eigenvalue weighted by Gasteiger charge is 2.58. The molecule has 5 amide bonds. The lowest BCUT2D eigenvalue weighted by molar-refractivity contribution is -0.143. The Morgan fingerprint density at radius 2 is 1.82 bits per heavy atom. The number of anilines is 1. The number of hydrogen-bond acceptors (Lipinski definition) is 5. The molecule has 2 fully saturated rings. The number of halogens is 3. The maximum Gasteiger partial charge on any atom is 0.418 e. The lowest BCUT2D eigenvalue weighted by Crippen LogP contribution is -2.46. The van der Waals surface area contributed by atoms with Crippen LogP contribution in [0.4, 0.5) is 28.4 Å². The van der Waals surface area contributed by atoms with Crippen molar-refractivity contribution in [1.29, 1.82) is 0 Å². The molecule has 0 unspecified atom stereocenters. The van der Waals surface area contributed by atoms with E-state index in [0.717, 1.165) is 22.6 Å². The second-order valence-electron chi connectivity index (χ2n) is 9.70. The molecule has 9 nitrogen and oxygen atoms in total. The number of ether oxygens (including phenoxy) is 1. The van der Waals surface area contributed by atoms with Crippen molar-refractivity contribution in [2.75, 3.05) is 18.9 Å². The topological polar surface area (TPSA) is 108 Å². The number of carbonyl (C=O) groups excluding carboxylic acids is 4. The Morgan fingerprint density at radius 1 is 1.11 bits per heavy atom. The van der Waals surface area contributed by atoms with E-state index in [4.69, 9.17) is 4.74 Å². The summed E-state index contributed by atoms with van der Waals surface area (Å²) in [5, 5.41) is 5.09. The number of urea groups is 1. The summed E-state index contributed by atoms with van der Waals surface area (Å²) in [4.78, 5) is 53.4. The Hall–Kier alpha value is -4.09. The van der Waals surface area contributed by atoms with Gasteiger partial charge in [0, 0.05) is 30.8 Å². The molecule has 12 heteroatoms. The van der Waals surface area contributed by atoms with Crippen LogP contribution in [0.3, 0.4) is 0 Å². The van der Waals surface area contributed by atoms with Crippen LogP contribution in [-0.4, -0.2) is 53.4 Å². The Bertz CT molecular complexity index is 1350. The normalized spacial score (nSPS) is 24.1. The van der Waals surface area contributed by atoms with Gasteiger partial charge in [-0.15, -0.1) is 0 Å². The second kappa shape index (κ2) is 9.34. The molecule has 2 aliphatic heterocycles. The van der Waals surface area contributed by atoms with Crippen molar-refractivity contribution in [1.82, 2.24) is 15.1 Å². The molecule has 2 aromatic carbocycles. The molecule has 5 rings (SSSR count). The van der Waals surface area contributed by atoms with Gasteiger partial charge < -0.3 is 20.3 Å². The predicted molar refractivity (Wildman–Crippen MR) is 127 cm³/mol. The number of nitrogens with one attached hydrogen (secondary N) is 2. The van der Waals surface area contributed by atoms with Crippen molar-refractivity contribution in [3.05, 3.63) is 64.5 Å². The standard InChI is InChI=1S/C26H25F3N4O5/c1-13-3-6-20(15-10-18(27)22(29)19(28)11-15)33(13)21(34)12-32-23(35)26(38-25(32)37)8-7-14-9-16(4-5-17(14)26)31-24(36)30-2/h4-5,9-11,13,20H,3,6-8,12H2,1-2H3,(H2,30,31,36)/t13-,20+,26-/m1/s1. The highest BCUT2D eigenvalue weighted by Crippen LogP contribution is 2.46. The highest BCUT2D eigenvalue weighted by molar-refractivity contribution is 6.06. The number of carbonyl (C=O) groups is 4. The van der Waals surface area contributed by atoms with E-state index in [-0.39, 0.29) is 18.0 Å². The summed E-state index contributed by atoms with van der Waals surface area (Å²) in [6.07, 6.45) is 0.508. The van der Waals surface area contributed by atoms with E-state index in [1.165, 1.54) is 11.9 Å². The number of nitrogens with zero attached hydrogens (tertiary/aromatic N) is 2. The van der Waals surface area contributed by atoms with Crippen molar-refractivity contribution in [3.8, 4) is 0 Å². The summed E-state index contributed by atoms with van der Waals surface area (Å²) in [5.74, 6) is -5.59. The van der Waals surface area contributed by atoms with Crippen LogP contribution < -0.4 is 10.6 Å². The van der Waals surface area contributed by atoms with E-state index in [9.17, 15) is 32.3 Å². The first kappa shape index (κ1) is 25.6. The predicted octanol–water partition coefficient (Wildman–Crippen LogP) is 3.73. The third-order valence-electron chi connectivity index (χ3n) is 7.49. The van der Waals surface area contributed by atoms with Crippen molar-refractivity contribution >= 4 is 29.6 Å². The maximum absolute atomic E-state index is 13.9. The van der Waals surface area contributed by atoms with E-state index in [0.29, 0.717) is 30.5 Å². The summed E-state index contributed by atoms with van der Waals surface area (Å²) >= 11 is 0. The zero-order valence-corrected chi connectivity index (χ0v) is 20.6. The molecule has 3 aliphatic rings. The summed E-state index contributed by atoms with van der Waals surface area (Å²) in [6, 6.07) is 5.11. The third-order valence-corrected chi connectivity index (χ3v) is 7.49. The summed E-state index contributed by atoms with van der Waals surface area (Å²) in [7, 11) is 1.48. The first-order chi connectivity index (χ1) is 18.1. The quantitative estimate of drug-likeness (QED) is 0.586. The zero-order valence-electron chi connectivity index (χ0n) is 20.6. The first-order valence-corrected chi connectivity index (χ1v) is 12.2. The lowest BCUT2D eigenvalue weighted by Gasteiger charge is -2.30. The number of aryl methyl sites for hydroxylation is 1. The Balaban J connectivity index is 1.37. The monoisotopic (exact) mass is 530 g/mol. The number of imide groups is 1. The van der Waals surface area contributed by atoms with Crippen LogP contribution in [-0.2, 0) is 26.3 Å². The van der Waals surface area contributed by atoms with Crippen LogP contribution in [0.2, 0.25) is 0 Å². The largest absolute Gasteiger partial charge is 0.427 e. The number of amides is 5. The molecule has 2 N–H and O–H groups in total. The van der Waals surface area contributed by atoms with Gasteiger partial charge in [0.1, 0.15) is 6.54 Å². The second-order valence-corrected chi connectivity index (χ2v) is 9.70. The first-order valence-electron chi connectivity index (χ1n) is 12.2. The summed E-state index contributed by atoms with van der Waals surface area (Å²) in [6.45, 7) is 1.13. The van der Waals surface area contributed by atoms with Crippen molar-refractivity contribution < 1.29 is 37.1 Å². The smallest absolute Gasteiger partial charge is 0.418 e. The van der Waals surface area contributed by atoms with Crippen LogP contribution in [0.5, 0.6) is 0 Å². The third kappa shape index (κ3) is 4.04. The van der Waals surface area contributed by atoms with Gasteiger partial charge in [0.2, 0.25) is 11.5 Å². The van der Waals surface area contributed by atoms with Gasteiger partial charge in [-0.05, 0) is 61.6 Å².